The number of hydrogen-bond acceptors (Lipinski definition) is 3. The van der Waals surface area contributed by atoms with E-state index in [0.717, 1.165) is 18.2 Å². The average molecular weight is 259 g/mol. The van der Waals surface area contributed by atoms with Crippen LogP contribution in [0.5, 0.6) is 0 Å². The first kappa shape index (κ1) is 12.9. The Morgan fingerprint density at radius 1 is 1.11 bits per heavy atom. The summed E-state index contributed by atoms with van der Waals surface area (Å²) >= 11 is 0. The molecule has 3 rings (SSSR count). The van der Waals surface area contributed by atoms with Crippen LogP contribution in [0.4, 0.5) is 5.69 Å². The predicted octanol–water partition coefficient (Wildman–Crippen LogP) is 2.28. The monoisotopic (exact) mass is 259 g/mol. The molecule has 3 nitrogen and oxygen atoms in total. The molecule has 2 fully saturated rings. The molecule has 2 aliphatic rings. The largest absolute Gasteiger partial charge is 0.399 e. The van der Waals surface area contributed by atoms with E-state index >= 15 is 0 Å². The number of nitrogens with two attached hydrogens (primary N) is 1. The minimum Gasteiger partial charge on any atom is -0.399 e. The summed E-state index contributed by atoms with van der Waals surface area (Å²) in [5.74, 6) is 0.787. The van der Waals surface area contributed by atoms with Crippen molar-refractivity contribution in [3.05, 3.63) is 29.3 Å². The van der Waals surface area contributed by atoms with Gasteiger partial charge in [-0.1, -0.05) is 13.0 Å². The Balaban J connectivity index is 1.66. The van der Waals surface area contributed by atoms with Crippen molar-refractivity contribution in [2.24, 2.45) is 0 Å². The third-order valence-electron chi connectivity index (χ3n) is 4.49. The lowest BCUT2D eigenvalue weighted by Crippen LogP contribution is -2.45. The first-order valence-corrected chi connectivity index (χ1v) is 7.59. The number of hydrogen-bond donors (Lipinski definition) is 1. The Kier molecular flexibility index (Phi) is 3.76. The highest BCUT2D eigenvalue weighted by atomic mass is 15.3. The number of nitrogens with zero attached hydrogens (tertiary/aromatic N) is 2. The van der Waals surface area contributed by atoms with Gasteiger partial charge in [0, 0.05) is 38.4 Å². The average Bonchev–Trinajstić information content (AvgIpc) is 3.26. The Bertz CT molecular complexity index is 432. The molecule has 19 heavy (non-hydrogen) atoms. The van der Waals surface area contributed by atoms with Gasteiger partial charge in [0.25, 0.3) is 0 Å². The van der Waals surface area contributed by atoms with Gasteiger partial charge >= 0.3 is 0 Å². The number of anilines is 1. The van der Waals surface area contributed by atoms with Crippen molar-refractivity contribution < 1.29 is 0 Å². The molecule has 1 aliphatic carbocycles. The first-order chi connectivity index (χ1) is 9.26. The van der Waals surface area contributed by atoms with Crippen LogP contribution in [0.25, 0.3) is 0 Å². The highest BCUT2D eigenvalue weighted by Gasteiger charge is 2.27. The minimum absolute atomic E-state index is 0.787. The summed E-state index contributed by atoms with van der Waals surface area (Å²) in [5, 5.41) is 0. The van der Waals surface area contributed by atoms with E-state index in [-0.39, 0.29) is 0 Å². The number of likely N-dealkylation sites (N-methyl/N-ethyl adjacent to an activating group) is 1. The highest BCUT2D eigenvalue weighted by molar-refractivity contribution is 5.47. The van der Waals surface area contributed by atoms with Gasteiger partial charge in [0.15, 0.2) is 0 Å². The highest BCUT2D eigenvalue weighted by Crippen LogP contribution is 2.42. The molecule has 3 heteroatoms. The quantitative estimate of drug-likeness (QED) is 0.842. The maximum Gasteiger partial charge on any atom is 0.0317 e. The summed E-state index contributed by atoms with van der Waals surface area (Å²) in [5.41, 5.74) is 9.87. The van der Waals surface area contributed by atoms with Crippen LogP contribution in [0.2, 0.25) is 0 Å². The van der Waals surface area contributed by atoms with Crippen molar-refractivity contribution in [2.75, 3.05) is 38.5 Å². The van der Waals surface area contributed by atoms with Crippen molar-refractivity contribution in [3.8, 4) is 0 Å². The Hall–Kier alpha value is -1.06. The molecule has 1 heterocycles. The van der Waals surface area contributed by atoms with Gasteiger partial charge in [-0.25, -0.2) is 0 Å². The minimum atomic E-state index is 0.787. The van der Waals surface area contributed by atoms with Crippen LogP contribution in [0.1, 0.15) is 36.8 Å². The van der Waals surface area contributed by atoms with Crippen LogP contribution in [0.15, 0.2) is 18.2 Å². The zero-order chi connectivity index (χ0) is 13.2. The first-order valence-electron chi connectivity index (χ1n) is 7.59. The van der Waals surface area contributed by atoms with Crippen LogP contribution < -0.4 is 5.73 Å². The Morgan fingerprint density at radius 3 is 2.42 bits per heavy atom. The van der Waals surface area contributed by atoms with Gasteiger partial charge in [0.2, 0.25) is 0 Å². The molecule has 1 saturated heterocycles. The third-order valence-corrected chi connectivity index (χ3v) is 4.49. The van der Waals surface area contributed by atoms with Crippen molar-refractivity contribution in [3.63, 3.8) is 0 Å². The molecule has 1 aliphatic heterocycles. The van der Waals surface area contributed by atoms with E-state index in [2.05, 4.69) is 34.9 Å². The lowest BCUT2D eigenvalue weighted by molar-refractivity contribution is 0.131. The molecular weight excluding hydrogens is 234 g/mol. The smallest absolute Gasteiger partial charge is 0.0317 e. The van der Waals surface area contributed by atoms with Crippen molar-refractivity contribution >= 4 is 5.69 Å². The van der Waals surface area contributed by atoms with Crippen molar-refractivity contribution in [1.29, 1.82) is 0 Å². The summed E-state index contributed by atoms with van der Waals surface area (Å²) in [7, 11) is 0. The van der Waals surface area contributed by atoms with E-state index < -0.39 is 0 Å². The second-order valence-corrected chi connectivity index (χ2v) is 5.94. The topological polar surface area (TPSA) is 32.5 Å². The molecule has 0 radical (unpaired) electrons. The second-order valence-electron chi connectivity index (χ2n) is 5.94. The molecule has 0 amide bonds. The summed E-state index contributed by atoms with van der Waals surface area (Å²) in [6, 6.07) is 6.51. The van der Waals surface area contributed by atoms with E-state index in [9.17, 15) is 0 Å². The fourth-order valence-electron chi connectivity index (χ4n) is 3.04. The van der Waals surface area contributed by atoms with Gasteiger partial charge in [-0.3, -0.25) is 4.90 Å². The fraction of sp³-hybridized carbons (Fsp3) is 0.625. The maximum absolute atomic E-state index is 5.94. The summed E-state index contributed by atoms with van der Waals surface area (Å²) < 4.78 is 0. The van der Waals surface area contributed by atoms with Crippen molar-refractivity contribution in [1.82, 2.24) is 9.80 Å². The number of benzene rings is 1. The van der Waals surface area contributed by atoms with Crippen molar-refractivity contribution in [2.45, 2.75) is 32.2 Å². The molecule has 0 aromatic heterocycles. The van der Waals surface area contributed by atoms with E-state index in [1.165, 1.54) is 56.7 Å². The van der Waals surface area contributed by atoms with Crippen LogP contribution >= 0.6 is 0 Å². The van der Waals surface area contributed by atoms with Gasteiger partial charge in [0.05, 0.1) is 0 Å². The van der Waals surface area contributed by atoms with E-state index in [1.54, 1.807) is 0 Å². The van der Waals surface area contributed by atoms with Gasteiger partial charge in [0.1, 0.15) is 0 Å². The zero-order valence-electron chi connectivity index (χ0n) is 11.9. The molecule has 0 atom stereocenters. The summed E-state index contributed by atoms with van der Waals surface area (Å²) in [4.78, 5) is 5.12. The van der Waals surface area contributed by atoms with Crippen LogP contribution in [-0.4, -0.2) is 42.5 Å². The van der Waals surface area contributed by atoms with E-state index in [0.29, 0.717) is 0 Å². The SMILES string of the molecule is CCN1CCN(Cc2ccc(N)cc2C2CC2)CC1. The second kappa shape index (κ2) is 5.51. The zero-order valence-corrected chi connectivity index (χ0v) is 11.9. The molecule has 1 saturated carbocycles. The molecule has 2 N–H and O–H groups in total. The van der Waals surface area contributed by atoms with Gasteiger partial charge in [-0.2, -0.15) is 0 Å². The van der Waals surface area contributed by atoms with Crippen LogP contribution in [0, 0.1) is 0 Å². The third kappa shape index (κ3) is 3.10. The van der Waals surface area contributed by atoms with Gasteiger partial charge in [-0.05, 0) is 48.6 Å². The van der Waals surface area contributed by atoms with Crippen LogP contribution in [-0.2, 0) is 6.54 Å². The Labute approximate surface area is 116 Å². The molecule has 0 bridgehead atoms. The lowest BCUT2D eigenvalue weighted by atomic mass is 10.0. The summed E-state index contributed by atoms with van der Waals surface area (Å²) in [6.07, 6.45) is 2.69. The van der Waals surface area contributed by atoms with E-state index in [1.807, 2.05) is 0 Å². The standard InChI is InChI=1S/C16H25N3/c1-2-18-7-9-19(10-8-18)12-14-5-6-15(17)11-16(14)13-3-4-13/h5-6,11,13H,2-4,7-10,12,17H2,1H3. The summed E-state index contributed by atoms with van der Waals surface area (Å²) in [6.45, 7) is 9.35. The van der Waals surface area contributed by atoms with Gasteiger partial charge < -0.3 is 10.6 Å². The molecule has 1 aromatic rings. The number of rotatable bonds is 4. The van der Waals surface area contributed by atoms with Gasteiger partial charge in [-0.15, -0.1) is 0 Å². The number of nitrogen functional groups attached to an aromatic ring is 1. The predicted molar refractivity (Wildman–Crippen MR) is 80.2 cm³/mol. The molecule has 104 valence electrons. The normalized spacial score (nSPS) is 21.7. The van der Waals surface area contributed by atoms with Crippen LogP contribution in [0.3, 0.4) is 0 Å². The van der Waals surface area contributed by atoms with E-state index in [4.69, 9.17) is 5.73 Å². The lowest BCUT2D eigenvalue weighted by Gasteiger charge is -2.34. The molecular formula is C16H25N3. The molecule has 0 unspecified atom stereocenters. The molecule has 0 spiro atoms. The fourth-order valence-corrected chi connectivity index (χ4v) is 3.04. The molecule has 1 aromatic carbocycles. The number of piperazine rings is 1. The Morgan fingerprint density at radius 2 is 1.79 bits per heavy atom. The maximum atomic E-state index is 5.94.